The van der Waals surface area contributed by atoms with Crippen molar-refractivity contribution in [2.75, 3.05) is 0 Å². The van der Waals surface area contributed by atoms with Gasteiger partial charge in [0, 0.05) is 34.1 Å². The third-order valence-corrected chi connectivity index (χ3v) is 0.552. The molecule has 2 radical (unpaired) electrons. The van der Waals surface area contributed by atoms with E-state index in [9.17, 15) is 0 Å². The van der Waals surface area contributed by atoms with Gasteiger partial charge in [0.1, 0.15) is 0 Å². The summed E-state index contributed by atoms with van der Waals surface area (Å²) in [6, 6.07) is 13.0. The molecule has 28 heavy (non-hydrogen) atoms. The second-order valence-electron chi connectivity index (χ2n) is 1.00. The van der Waals surface area contributed by atoms with E-state index in [1.807, 2.05) is 24.3 Å². The zero-order chi connectivity index (χ0) is 24.2. The molecule has 0 bridgehead atoms. The third kappa shape index (κ3) is 907. The Morgan fingerprint density at radius 1 is 0.286 bits per heavy atom. The van der Waals surface area contributed by atoms with Crippen LogP contribution < -0.4 is 0 Å². The van der Waals surface area contributed by atoms with E-state index < -0.39 is 0 Å². The maximum atomic E-state index is 7.50. The van der Waals surface area contributed by atoms with E-state index in [-0.39, 0.29) is 34.1 Å². The summed E-state index contributed by atoms with van der Waals surface area (Å²) in [7, 11) is 0. The predicted octanol–water partition coefficient (Wildman–Crippen LogP) is 0.907. The van der Waals surface area contributed by atoms with Crippen molar-refractivity contribution in [2.45, 2.75) is 0 Å². The first-order valence-corrected chi connectivity index (χ1v) is 3.86. The molecule has 10 nitrogen and oxygen atoms in total. The van der Waals surface area contributed by atoms with Crippen LogP contribution in [0.2, 0.25) is 0 Å². The van der Waals surface area contributed by atoms with Crippen LogP contribution >= 0.6 is 0 Å². The number of hydrogen-bond donors (Lipinski definition) is 0. The fourth-order valence-corrected chi connectivity index (χ4v) is 0.304. The Labute approximate surface area is 183 Å². The van der Waals surface area contributed by atoms with Crippen molar-refractivity contribution >= 4 is 0 Å². The van der Waals surface area contributed by atoms with Crippen LogP contribution in [0.25, 0.3) is 0 Å². The molecule has 0 aliphatic heterocycles. The van der Waals surface area contributed by atoms with Crippen LogP contribution in [0.3, 0.4) is 0 Å². The van der Waals surface area contributed by atoms with Crippen molar-refractivity contribution in [1.29, 1.82) is 0 Å². The first-order valence-electron chi connectivity index (χ1n) is 3.86. The standard InChI is InChI=1S/C6H4.10CO.2Mn/c1-2-4-6-5-3-1;10*1-2;;/h1-2,5-6H;;;;;;;;;;;;/q-2;;;;;;;;;;;;. The van der Waals surface area contributed by atoms with Crippen LogP contribution in [0.5, 0.6) is 0 Å². The molecule has 1 aromatic carbocycles. The Kier molecular flexibility index (Phi) is 3080. The quantitative estimate of drug-likeness (QED) is 0.298. The molecule has 0 aromatic heterocycles. The molecular formula is C16H4Mn2O10-2. The molecule has 0 atom stereocenters. The summed E-state index contributed by atoms with van der Waals surface area (Å²) in [6.07, 6.45) is 0. The van der Waals surface area contributed by atoms with Crippen molar-refractivity contribution in [2.24, 2.45) is 0 Å². The molecule has 0 saturated heterocycles. The van der Waals surface area contributed by atoms with Crippen LogP contribution in [0.4, 0.5) is 0 Å². The van der Waals surface area contributed by atoms with E-state index in [1.54, 1.807) is 0 Å². The smallest absolute Gasteiger partial charge is 0 e. The van der Waals surface area contributed by atoms with Crippen molar-refractivity contribution in [3.05, 3.63) is 103 Å². The Morgan fingerprint density at radius 3 is 0.393 bits per heavy atom. The van der Waals surface area contributed by atoms with Crippen LogP contribution in [0.15, 0.2) is 24.3 Å². The van der Waals surface area contributed by atoms with Gasteiger partial charge >= 0.3 is 113 Å². The van der Waals surface area contributed by atoms with Crippen LogP contribution in [-0.2, 0) is 80.7 Å². The molecular weight excluding hydrogens is 462 g/mol. The average molecular weight is 466 g/mol. The van der Waals surface area contributed by atoms with Crippen LogP contribution in [-0.4, -0.2) is 0 Å². The minimum atomic E-state index is 0. The minimum Gasteiger partial charge on any atom is -0.319 e. The van der Waals surface area contributed by atoms with Gasteiger partial charge < -0.3 is 12.1 Å². The molecule has 0 N–H and O–H groups in total. The molecule has 0 amide bonds. The molecule has 0 heterocycles. The van der Waals surface area contributed by atoms with Crippen molar-refractivity contribution in [1.82, 2.24) is 0 Å². The molecule has 144 valence electrons. The fraction of sp³-hybridized carbons (Fsp3) is 0. The van der Waals surface area contributed by atoms with Gasteiger partial charge in [0.15, 0.2) is 0 Å². The van der Waals surface area contributed by atoms with E-state index in [1.165, 1.54) is 0 Å². The summed E-state index contributed by atoms with van der Waals surface area (Å²) in [6.45, 7) is 45.0. The van der Waals surface area contributed by atoms with Crippen molar-refractivity contribution < 1.29 is 80.7 Å². The van der Waals surface area contributed by atoms with E-state index in [0.29, 0.717) is 0 Å². The molecule has 0 fully saturated rings. The zero-order valence-electron chi connectivity index (χ0n) is 13.1. The molecule has 0 unspecified atom stereocenters. The summed E-state index contributed by atoms with van der Waals surface area (Å²) in [5.74, 6) is 0. The molecule has 0 spiro atoms. The molecule has 12 heteroatoms. The molecule has 0 aliphatic rings. The van der Waals surface area contributed by atoms with Gasteiger partial charge in [-0.1, -0.05) is 0 Å². The summed E-state index contributed by atoms with van der Waals surface area (Å²) >= 11 is 0. The van der Waals surface area contributed by atoms with Crippen LogP contribution in [0.1, 0.15) is 0 Å². The zero-order valence-corrected chi connectivity index (χ0v) is 15.5. The molecule has 0 aliphatic carbocycles. The van der Waals surface area contributed by atoms with Gasteiger partial charge in [-0.15, -0.1) is 0 Å². The van der Waals surface area contributed by atoms with Gasteiger partial charge in [0.25, 0.3) is 0 Å². The first kappa shape index (κ1) is 83.6. The summed E-state index contributed by atoms with van der Waals surface area (Å²) in [4.78, 5) is 0. The van der Waals surface area contributed by atoms with E-state index in [2.05, 4.69) is 78.6 Å². The summed E-state index contributed by atoms with van der Waals surface area (Å²) in [5.41, 5.74) is 0. The molecule has 1 rings (SSSR count). The first-order chi connectivity index (χ1) is 13.0. The monoisotopic (exact) mass is 466 g/mol. The van der Waals surface area contributed by atoms with Gasteiger partial charge in [-0.25, -0.2) is 0 Å². The van der Waals surface area contributed by atoms with E-state index in [4.69, 9.17) is 46.5 Å². The maximum absolute atomic E-state index is 7.50. The van der Waals surface area contributed by atoms with Crippen LogP contribution in [0, 0.1) is 78.6 Å². The van der Waals surface area contributed by atoms with Gasteiger partial charge in [-0.05, 0) is 0 Å². The third-order valence-electron chi connectivity index (χ3n) is 0.552. The fourth-order valence-electron chi connectivity index (χ4n) is 0.304. The Morgan fingerprint density at radius 2 is 0.357 bits per heavy atom. The normalized spacial score (nSPS) is 2.43. The van der Waals surface area contributed by atoms with Crippen molar-refractivity contribution in [3.63, 3.8) is 0 Å². The Bertz CT molecular complexity index is 340. The second-order valence-corrected chi connectivity index (χ2v) is 1.00. The molecule has 0 saturated carbocycles. The topological polar surface area (TPSA) is 199 Å². The van der Waals surface area contributed by atoms with E-state index in [0.717, 1.165) is 0 Å². The number of hydrogen-bond acceptors (Lipinski definition) is 0. The van der Waals surface area contributed by atoms with E-state index >= 15 is 0 Å². The maximum Gasteiger partial charge on any atom is 0 e. The molecule has 1 aromatic rings. The SMILES string of the molecule is [C-]#[O+].[C-]#[O+].[C-]#[O+].[C-]#[O+].[C-]#[O+].[C-]#[O+].[C-]#[O+].[C-]#[O+].[C-]#[O+].[C-]#[O+].[Mn].[Mn].[c-]1cc[c-]cc1. The van der Waals surface area contributed by atoms with Gasteiger partial charge in [-0.2, -0.15) is 0 Å². The second kappa shape index (κ2) is 1030. The Hall–Kier alpha value is -2.34. The average Bonchev–Trinajstić information content (AvgIpc) is 2.88. The number of benzene rings is 1. The van der Waals surface area contributed by atoms with Gasteiger partial charge in [0.05, 0.1) is 0 Å². The summed E-state index contributed by atoms with van der Waals surface area (Å²) in [5, 5.41) is 0. The minimum absolute atomic E-state index is 0. The summed E-state index contributed by atoms with van der Waals surface area (Å²) < 4.78 is 75.0. The van der Waals surface area contributed by atoms with Gasteiger partial charge in [0.2, 0.25) is 0 Å². The van der Waals surface area contributed by atoms with Gasteiger partial charge in [-0.3, -0.25) is 24.3 Å². The number of rotatable bonds is 0. The van der Waals surface area contributed by atoms with Crippen molar-refractivity contribution in [3.8, 4) is 0 Å². The Balaban J connectivity index is -0.0000000105. The largest absolute Gasteiger partial charge is 0.319 e. The predicted molar refractivity (Wildman–Crippen MR) is 63.4 cm³/mol.